The molecule has 0 amide bonds. The molecule has 1 N–H and O–H groups in total. The van der Waals surface area contributed by atoms with Crippen LogP contribution >= 0.6 is 0 Å². The van der Waals surface area contributed by atoms with E-state index in [9.17, 15) is 4.79 Å². The molecule has 1 unspecified atom stereocenters. The molecule has 64 valence electrons. The zero-order valence-electron chi connectivity index (χ0n) is 7.13. The Hall–Kier alpha value is -1.41. The van der Waals surface area contributed by atoms with Gasteiger partial charge in [0, 0.05) is 6.42 Å². The monoisotopic (exact) mass is 164 g/mol. The molecule has 0 aromatic rings. The lowest BCUT2D eigenvalue weighted by atomic mass is 10.0. The molecule has 0 saturated heterocycles. The van der Waals surface area contributed by atoms with E-state index < -0.39 is 11.9 Å². The van der Waals surface area contributed by atoms with Crippen LogP contribution in [0.15, 0.2) is 0 Å². The number of carbonyl (C=O) groups is 1. The van der Waals surface area contributed by atoms with Crippen LogP contribution in [0, 0.1) is 30.1 Å². The Kier molecular flexibility index (Phi) is 5.57. The molecule has 1 atom stereocenters. The van der Waals surface area contributed by atoms with Crippen LogP contribution in [0.2, 0.25) is 0 Å². The highest BCUT2D eigenvalue weighted by Gasteiger charge is 2.12. The van der Waals surface area contributed by atoms with Crippen molar-refractivity contribution in [3.8, 4) is 24.2 Å². The fourth-order valence-electron chi connectivity index (χ4n) is 0.840. The summed E-state index contributed by atoms with van der Waals surface area (Å²) in [6, 6.07) is 0. The predicted octanol–water partition coefficient (Wildman–Crippen LogP) is 1.51. The van der Waals surface area contributed by atoms with Crippen molar-refractivity contribution in [3.63, 3.8) is 0 Å². The third-order valence-corrected chi connectivity index (χ3v) is 1.43. The molecule has 0 aliphatic heterocycles. The summed E-state index contributed by atoms with van der Waals surface area (Å²) in [6.07, 6.45) is 6.92. The van der Waals surface area contributed by atoms with Crippen molar-refractivity contribution in [3.05, 3.63) is 0 Å². The highest BCUT2D eigenvalue weighted by atomic mass is 16.4. The van der Waals surface area contributed by atoms with Crippen LogP contribution in [0.1, 0.15) is 26.2 Å². The van der Waals surface area contributed by atoms with Crippen LogP contribution in [0.5, 0.6) is 0 Å². The lowest BCUT2D eigenvalue weighted by molar-refractivity contribution is -0.139. The first-order valence-corrected chi connectivity index (χ1v) is 3.81. The molecule has 0 rings (SSSR count). The first-order chi connectivity index (χ1) is 5.72. The van der Waals surface area contributed by atoms with Gasteiger partial charge in [-0.1, -0.05) is 5.92 Å². The number of carboxylic acids is 1. The molecule has 0 saturated carbocycles. The SMILES string of the molecule is C#CCCCC(C#CC)C(=O)O. The lowest BCUT2D eigenvalue weighted by Crippen LogP contribution is -2.11. The Morgan fingerprint density at radius 3 is 2.75 bits per heavy atom. The summed E-state index contributed by atoms with van der Waals surface area (Å²) in [6.45, 7) is 1.64. The highest BCUT2D eigenvalue weighted by Crippen LogP contribution is 2.07. The van der Waals surface area contributed by atoms with E-state index in [-0.39, 0.29) is 0 Å². The van der Waals surface area contributed by atoms with Gasteiger partial charge in [-0.05, 0) is 19.8 Å². The van der Waals surface area contributed by atoms with Crippen molar-refractivity contribution in [1.29, 1.82) is 0 Å². The first kappa shape index (κ1) is 10.6. The van der Waals surface area contributed by atoms with Crippen molar-refractivity contribution in [2.24, 2.45) is 5.92 Å². The number of hydrogen-bond acceptors (Lipinski definition) is 1. The molecule has 0 fully saturated rings. The Bertz CT molecular complexity index is 237. The summed E-state index contributed by atoms with van der Waals surface area (Å²) in [5, 5.41) is 8.65. The third kappa shape index (κ3) is 4.41. The van der Waals surface area contributed by atoms with Crippen molar-refractivity contribution in [2.75, 3.05) is 0 Å². The van der Waals surface area contributed by atoms with Gasteiger partial charge in [-0.2, -0.15) is 0 Å². The van der Waals surface area contributed by atoms with E-state index in [1.54, 1.807) is 6.92 Å². The molecule has 0 aliphatic carbocycles. The van der Waals surface area contributed by atoms with Crippen molar-refractivity contribution < 1.29 is 9.90 Å². The minimum absolute atomic E-state index is 0.542. The minimum Gasteiger partial charge on any atom is -0.480 e. The highest BCUT2D eigenvalue weighted by molar-refractivity contribution is 5.73. The summed E-state index contributed by atoms with van der Waals surface area (Å²) >= 11 is 0. The van der Waals surface area contributed by atoms with Gasteiger partial charge in [0.2, 0.25) is 0 Å². The Morgan fingerprint density at radius 1 is 1.67 bits per heavy atom. The number of carboxylic acid groups (broad SMARTS) is 1. The summed E-state index contributed by atoms with van der Waals surface area (Å²) in [5.41, 5.74) is 0. The standard InChI is InChI=1S/C10H12O2/c1-3-5-6-8-9(7-4-2)10(11)12/h1,9H,5-6,8H2,2H3,(H,11,12). The van der Waals surface area contributed by atoms with E-state index in [0.717, 1.165) is 6.42 Å². The first-order valence-electron chi connectivity index (χ1n) is 3.81. The maximum Gasteiger partial charge on any atom is 0.318 e. The number of unbranched alkanes of at least 4 members (excludes halogenated alkanes) is 1. The number of hydrogen-bond donors (Lipinski definition) is 1. The van der Waals surface area contributed by atoms with Gasteiger partial charge < -0.3 is 5.11 Å². The van der Waals surface area contributed by atoms with Crippen molar-refractivity contribution in [1.82, 2.24) is 0 Å². The zero-order chi connectivity index (χ0) is 9.40. The topological polar surface area (TPSA) is 37.3 Å². The van der Waals surface area contributed by atoms with Gasteiger partial charge in [-0.3, -0.25) is 4.79 Å². The molecule has 0 heterocycles. The Balaban J connectivity index is 3.87. The van der Waals surface area contributed by atoms with Crippen molar-refractivity contribution >= 4 is 5.97 Å². The second-order valence-corrected chi connectivity index (χ2v) is 2.38. The van der Waals surface area contributed by atoms with Crippen LogP contribution in [0.4, 0.5) is 0 Å². The molecular formula is C10H12O2. The van der Waals surface area contributed by atoms with Crippen LogP contribution in [0.3, 0.4) is 0 Å². The summed E-state index contributed by atoms with van der Waals surface area (Å²) < 4.78 is 0. The van der Waals surface area contributed by atoms with Gasteiger partial charge in [0.25, 0.3) is 0 Å². The van der Waals surface area contributed by atoms with E-state index in [4.69, 9.17) is 11.5 Å². The summed E-state index contributed by atoms with van der Waals surface area (Å²) in [5.74, 6) is 6.27. The fraction of sp³-hybridized carbons (Fsp3) is 0.500. The van der Waals surface area contributed by atoms with E-state index in [1.165, 1.54) is 0 Å². The average Bonchev–Trinajstić information content (AvgIpc) is 2.03. The zero-order valence-corrected chi connectivity index (χ0v) is 7.13. The molecular weight excluding hydrogens is 152 g/mol. The summed E-state index contributed by atoms with van der Waals surface area (Å²) in [7, 11) is 0. The molecule has 2 nitrogen and oxygen atoms in total. The third-order valence-electron chi connectivity index (χ3n) is 1.43. The average molecular weight is 164 g/mol. The fourth-order valence-corrected chi connectivity index (χ4v) is 0.840. The number of terminal acetylenes is 1. The maximum atomic E-state index is 10.5. The maximum absolute atomic E-state index is 10.5. The Labute approximate surface area is 73.0 Å². The minimum atomic E-state index is -0.860. The van der Waals surface area contributed by atoms with Gasteiger partial charge in [0.05, 0.1) is 0 Å². The molecule has 0 aromatic carbocycles. The van der Waals surface area contributed by atoms with Crippen LogP contribution in [-0.2, 0) is 4.79 Å². The van der Waals surface area contributed by atoms with E-state index in [0.29, 0.717) is 12.8 Å². The van der Waals surface area contributed by atoms with E-state index in [1.807, 2.05) is 0 Å². The second-order valence-electron chi connectivity index (χ2n) is 2.38. The van der Waals surface area contributed by atoms with Gasteiger partial charge >= 0.3 is 5.97 Å². The van der Waals surface area contributed by atoms with E-state index in [2.05, 4.69) is 17.8 Å². The smallest absolute Gasteiger partial charge is 0.318 e. The van der Waals surface area contributed by atoms with E-state index >= 15 is 0 Å². The second kappa shape index (κ2) is 6.31. The quantitative estimate of drug-likeness (QED) is 0.505. The molecule has 0 aliphatic rings. The molecule has 0 bridgehead atoms. The van der Waals surface area contributed by atoms with Gasteiger partial charge in [0.15, 0.2) is 0 Å². The van der Waals surface area contributed by atoms with Gasteiger partial charge in [0.1, 0.15) is 5.92 Å². The largest absolute Gasteiger partial charge is 0.480 e. The van der Waals surface area contributed by atoms with Gasteiger partial charge in [-0.25, -0.2) is 0 Å². The predicted molar refractivity (Wildman–Crippen MR) is 47.3 cm³/mol. The number of rotatable bonds is 4. The molecule has 2 heteroatoms. The molecule has 0 aromatic heterocycles. The molecule has 12 heavy (non-hydrogen) atoms. The lowest BCUT2D eigenvalue weighted by Gasteiger charge is -2.01. The van der Waals surface area contributed by atoms with Gasteiger partial charge in [-0.15, -0.1) is 18.3 Å². The Morgan fingerprint density at radius 2 is 2.33 bits per heavy atom. The van der Waals surface area contributed by atoms with Crippen molar-refractivity contribution in [2.45, 2.75) is 26.2 Å². The van der Waals surface area contributed by atoms with Crippen LogP contribution < -0.4 is 0 Å². The molecule has 0 spiro atoms. The van der Waals surface area contributed by atoms with Crippen LogP contribution in [0.25, 0.3) is 0 Å². The summed E-state index contributed by atoms with van der Waals surface area (Å²) in [4.78, 5) is 10.5. The molecule has 0 radical (unpaired) electrons. The normalized spacial score (nSPS) is 10.7. The number of aliphatic carboxylic acids is 1. The van der Waals surface area contributed by atoms with Crippen LogP contribution in [-0.4, -0.2) is 11.1 Å².